The van der Waals surface area contributed by atoms with Gasteiger partial charge in [0.1, 0.15) is 5.75 Å². The lowest BCUT2D eigenvalue weighted by Gasteiger charge is -2.15. The summed E-state index contributed by atoms with van der Waals surface area (Å²) in [7, 11) is 0. The maximum Gasteiger partial charge on any atom is 0.119 e. The van der Waals surface area contributed by atoms with Crippen LogP contribution in [0.5, 0.6) is 5.75 Å². The maximum atomic E-state index is 6.33. The molecule has 0 aliphatic heterocycles. The number of nitrogens with two attached hydrogens (primary N) is 1. The topological polar surface area (TPSA) is 35.2 Å². The van der Waals surface area contributed by atoms with Crippen molar-refractivity contribution in [2.45, 2.75) is 33.2 Å². The Morgan fingerprint density at radius 1 is 1.05 bits per heavy atom. The van der Waals surface area contributed by atoms with Crippen LogP contribution >= 0.6 is 0 Å². The van der Waals surface area contributed by atoms with Crippen LogP contribution in [0.4, 0.5) is 0 Å². The first-order chi connectivity index (χ1) is 9.60. The van der Waals surface area contributed by atoms with Gasteiger partial charge in [-0.15, -0.1) is 0 Å². The lowest BCUT2D eigenvalue weighted by atomic mass is 9.95. The van der Waals surface area contributed by atoms with Gasteiger partial charge >= 0.3 is 0 Å². The SMILES string of the molecule is CCOc1ccc(C(N)Cc2cc(C)ccc2C)cc1. The van der Waals surface area contributed by atoms with Crippen molar-refractivity contribution < 1.29 is 4.74 Å². The summed E-state index contributed by atoms with van der Waals surface area (Å²) in [6.45, 7) is 6.93. The van der Waals surface area contributed by atoms with Gasteiger partial charge in [-0.1, -0.05) is 35.9 Å². The molecule has 20 heavy (non-hydrogen) atoms. The second-order valence-corrected chi connectivity index (χ2v) is 5.24. The minimum Gasteiger partial charge on any atom is -0.494 e. The molecule has 2 nitrogen and oxygen atoms in total. The molecule has 0 aliphatic rings. The van der Waals surface area contributed by atoms with Gasteiger partial charge in [0.2, 0.25) is 0 Å². The van der Waals surface area contributed by atoms with Crippen LogP contribution in [0, 0.1) is 13.8 Å². The van der Waals surface area contributed by atoms with Crippen LogP contribution in [0.1, 0.15) is 35.2 Å². The van der Waals surface area contributed by atoms with E-state index in [0.29, 0.717) is 6.61 Å². The molecule has 0 heterocycles. The minimum absolute atomic E-state index is 0.0196. The molecule has 0 saturated heterocycles. The van der Waals surface area contributed by atoms with E-state index in [1.807, 2.05) is 19.1 Å². The average molecular weight is 269 g/mol. The molecular formula is C18H23NO. The molecule has 2 aromatic carbocycles. The fraction of sp³-hybridized carbons (Fsp3) is 0.333. The van der Waals surface area contributed by atoms with Crippen LogP contribution in [0.15, 0.2) is 42.5 Å². The molecule has 1 atom stereocenters. The smallest absolute Gasteiger partial charge is 0.119 e. The van der Waals surface area contributed by atoms with Crippen molar-refractivity contribution in [3.63, 3.8) is 0 Å². The predicted molar refractivity (Wildman–Crippen MR) is 84.2 cm³/mol. The van der Waals surface area contributed by atoms with Crippen molar-refractivity contribution in [2.75, 3.05) is 6.61 Å². The summed E-state index contributed by atoms with van der Waals surface area (Å²) in [6, 6.07) is 14.6. The second kappa shape index (κ2) is 6.58. The zero-order valence-corrected chi connectivity index (χ0v) is 12.5. The third kappa shape index (κ3) is 3.61. The highest BCUT2D eigenvalue weighted by molar-refractivity contribution is 5.34. The summed E-state index contributed by atoms with van der Waals surface area (Å²) >= 11 is 0. The van der Waals surface area contributed by atoms with E-state index in [4.69, 9.17) is 10.5 Å². The Hall–Kier alpha value is -1.80. The Morgan fingerprint density at radius 2 is 1.75 bits per heavy atom. The molecular weight excluding hydrogens is 246 g/mol. The third-order valence-electron chi connectivity index (χ3n) is 3.56. The molecule has 0 aliphatic carbocycles. The molecule has 0 amide bonds. The number of ether oxygens (including phenoxy) is 1. The highest BCUT2D eigenvalue weighted by atomic mass is 16.5. The number of rotatable bonds is 5. The molecule has 0 bridgehead atoms. The van der Waals surface area contributed by atoms with Gasteiger partial charge in [0.05, 0.1) is 6.61 Å². The zero-order valence-electron chi connectivity index (χ0n) is 12.5. The van der Waals surface area contributed by atoms with Crippen molar-refractivity contribution in [3.05, 3.63) is 64.7 Å². The maximum absolute atomic E-state index is 6.33. The first-order valence-corrected chi connectivity index (χ1v) is 7.14. The molecule has 0 fully saturated rings. The fourth-order valence-electron chi connectivity index (χ4n) is 2.35. The molecule has 2 N–H and O–H groups in total. The van der Waals surface area contributed by atoms with Crippen molar-refractivity contribution >= 4 is 0 Å². The zero-order chi connectivity index (χ0) is 14.5. The van der Waals surface area contributed by atoms with Gasteiger partial charge in [-0.2, -0.15) is 0 Å². The van der Waals surface area contributed by atoms with Gasteiger partial charge in [-0.05, 0) is 56.0 Å². The van der Waals surface area contributed by atoms with Crippen LogP contribution < -0.4 is 10.5 Å². The van der Waals surface area contributed by atoms with E-state index in [1.165, 1.54) is 16.7 Å². The number of benzene rings is 2. The number of aryl methyl sites for hydroxylation is 2. The Kier molecular flexibility index (Phi) is 4.80. The largest absolute Gasteiger partial charge is 0.494 e. The third-order valence-corrected chi connectivity index (χ3v) is 3.56. The van der Waals surface area contributed by atoms with Crippen molar-refractivity contribution in [3.8, 4) is 5.75 Å². The molecule has 2 aromatic rings. The Bertz CT molecular complexity index is 560. The van der Waals surface area contributed by atoms with Gasteiger partial charge < -0.3 is 10.5 Å². The summed E-state index contributed by atoms with van der Waals surface area (Å²) in [5.41, 5.74) is 11.4. The van der Waals surface area contributed by atoms with Gasteiger partial charge in [0, 0.05) is 6.04 Å². The van der Waals surface area contributed by atoms with Crippen molar-refractivity contribution in [1.82, 2.24) is 0 Å². The average Bonchev–Trinajstić information content (AvgIpc) is 2.44. The van der Waals surface area contributed by atoms with E-state index in [0.717, 1.165) is 17.7 Å². The van der Waals surface area contributed by atoms with E-state index < -0.39 is 0 Å². The number of hydrogen-bond donors (Lipinski definition) is 1. The molecule has 106 valence electrons. The van der Waals surface area contributed by atoms with Crippen LogP contribution in [0.3, 0.4) is 0 Å². The monoisotopic (exact) mass is 269 g/mol. The quantitative estimate of drug-likeness (QED) is 0.892. The van der Waals surface area contributed by atoms with Gasteiger partial charge in [0.25, 0.3) is 0 Å². The first-order valence-electron chi connectivity index (χ1n) is 7.14. The molecule has 2 rings (SSSR count). The van der Waals surface area contributed by atoms with Crippen LogP contribution in [-0.4, -0.2) is 6.61 Å². The van der Waals surface area contributed by atoms with E-state index in [9.17, 15) is 0 Å². The van der Waals surface area contributed by atoms with Crippen LogP contribution in [0.25, 0.3) is 0 Å². The Balaban J connectivity index is 2.11. The molecule has 0 aromatic heterocycles. The normalized spacial score (nSPS) is 12.2. The Morgan fingerprint density at radius 3 is 2.40 bits per heavy atom. The lowest BCUT2D eigenvalue weighted by molar-refractivity contribution is 0.340. The molecule has 0 saturated carbocycles. The second-order valence-electron chi connectivity index (χ2n) is 5.24. The summed E-state index contributed by atoms with van der Waals surface area (Å²) in [5.74, 6) is 0.898. The van der Waals surface area contributed by atoms with Crippen molar-refractivity contribution in [2.24, 2.45) is 5.73 Å². The Labute approximate surface area is 121 Å². The van der Waals surface area contributed by atoms with Crippen LogP contribution in [-0.2, 0) is 6.42 Å². The molecule has 0 spiro atoms. The van der Waals surface area contributed by atoms with Gasteiger partial charge in [0.15, 0.2) is 0 Å². The summed E-state index contributed by atoms with van der Waals surface area (Å²) in [4.78, 5) is 0. The van der Waals surface area contributed by atoms with Gasteiger partial charge in [-0.25, -0.2) is 0 Å². The van der Waals surface area contributed by atoms with E-state index >= 15 is 0 Å². The summed E-state index contributed by atoms with van der Waals surface area (Å²) < 4.78 is 5.45. The summed E-state index contributed by atoms with van der Waals surface area (Å²) in [6.07, 6.45) is 0.863. The molecule has 2 heteroatoms. The van der Waals surface area contributed by atoms with E-state index in [-0.39, 0.29) is 6.04 Å². The summed E-state index contributed by atoms with van der Waals surface area (Å²) in [5, 5.41) is 0. The van der Waals surface area contributed by atoms with Crippen LogP contribution in [0.2, 0.25) is 0 Å². The van der Waals surface area contributed by atoms with Gasteiger partial charge in [-0.3, -0.25) is 0 Å². The fourth-order valence-corrected chi connectivity index (χ4v) is 2.35. The van der Waals surface area contributed by atoms with Crippen molar-refractivity contribution in [1.29, 1.82) is 0 Å². The number of hydrogen-bond acceptors (Lipinski definition) is 2. The minimum atomic E-state index is 0.0196. The highest BCUT2D eigenvalue weighted by Gasteiger charge is 2.09. The predicted octanol–water partition coefficient (Wildman–Crippen LogP) is 3.94. The first kappa shape index (κ1) is 14.6. The lowest BCUT2D eigenvalue weighted by Crippen LogP contribution is -2.14. The molecule has 1 unspecified atom stereocenters. The molecule has 0 radical (unpaired) electrons. The van der Waals surface area contributed by atoms with E-state index in [2.05, 4.69) is 44.2 Å². The highest BCUT2D eigenvalue weighted by Crippen LogP contribution is 2.21. The van der Waals surface area contributed by atoms with E-state index in [1.54, 1.807) is 0 Å². The standard InChI is InChI=1S/C18H23NO/c1-4-20-17-9-7-15(8-10-17)18(19)12-16-11-13(2)5-6-14(16)3/h5-11,18H,4,12,19H2,1-3H3.